The Morgan fingerprint density at radius 2 is 2.06 bits per heavy atom. The molecule has 3 heteroatoms. The van der Waals surface area contributed by atoms with Crippen molar-refractivity contribution in [3.63, 3.8) is 0 Å². The van der Waals surface area contributed by atoms with Crippen LogP contribution in [0.3, 0.4) is 0 Å². The first-order valence-corrected chi connectivity index (χ1v) is 5.03. The Labute approximate surface area is 93.0 Å². The van der Waals surface area contributed by atoms with E-state index in [1.807, 2.05) is 0 Å². The normalized spacial score (nSPS) is 24.1. The van der Waals surface area contributed by atoms with E-state index in [0.717, 1.165) is 6.08 Å². The Kier molecular flexibility index (Phi) is 2.77. The predicted molar refractivity (Wildman–Crippen MR) is 58.7 cm³/mol. The molecule has 1 aliphatic rings. The van der Waals surface area contributed by atoms with E-state index in [2.05, 4.69) is 0 Å². The van der Waals surface area contributed by atoms with Gasteiger partial charge < -0.3 is 4.74 Å². The van der Waals surface area contributed by atoms with Gasteiger partial charge in [0.15, 0.2) is 5.67 Å². The Hall–Kier alpha value is -1.64. The highest BCUT2D eigenvalue weighted by atomic mass is 19.1. The van der Waals surface area contributed by atoms with Crippen LogP contribution in [-0.4, -0.2) is 7.11 Å². The highest BCUT2D eigenvalue weighted by Gasteiger charge is 2.32. The van der Waals surface area contributed by atoms with Gasteiger partial charge in [-0.1, -0.05) is 24.3 Å². The number of para-hydroxylation sites is 1. The highest BCUT2D eigenvalue weighted by molar-refractivity contribution is 5.45. The van der Waals surface area contributed by atoms with Gasteiger partial charge in [-0.3, -0.25) is 0 Å². The third-order valence-electron chi connectivity index (χ3n) is 2.56. The minimum Gasteiger partial charge on any atom is -0.496 e. The molecule has 1 aromatic rings. The standard InChI is InChI=1S/C13H12F2O/c1-16-12-7-3-2-6-11(12)13(15)8-4-5-10(14)9-13/h2-4,6-9H,5H2,1H3. The molecule has 0 amide bonds. The molecular formula is C13H12F2O. The van der Waals surface area contributed by atoms with Crippen LogP contribution in [0.4, 0.5) is 8.78 Å². The van der Waals surface area contributed by atoms with E-state index >= 15 is 0 Å². The number of allylic oxidation sites excluding steroid dienone is 4. The number of alkyl halides is 1. The van der Waals surface area contributed by atoms with Gasteiger partial charge in [-0.15, -0.1) is 0 Å². The molecular weight excluding hydrogens is 210 g/mol. The van der Waals surface area contributed by atoms with E-state index in [9.17, 15) is 8.78 Å². The molecule has 0 N–H and O–H groups in total. The molecule has 1 unspecified atom stereocenters. The summed E-state index contributed by atoms with van der Waals surface area (Å²) in [6.07, 6.45) is 3.99. The van der Waals surface area contributed by atoms with Gasteiger partial charge in [-0.05, 0) is 18.2 Å². The molecule has 0 radical (unpaired) electrons. The number of rotatable bonds is 2. The Morgan fingerprint density at radius 1 is 1.31 bits per heavy atom. The van der Waals surface area contributed by atoms with Crippen molar-refractivity contribution in [2.24, 2.45) is 0 Å². The van der Waals surface area contributed by atoms with Gasteiger partial charge in [0.1, 0.15) is 11.6 Å². The lowest BCUT2D eigenvalue weighted by Crippen LogP contribution is -2.17. The van der Waals surface area contributed by atoms with Crippen LogP contribution in [0, 0.1) is 0 Å². The molecule has 0 aromatic heterocycles. The summed E-state index contributed by atoms with van der Waals surface area (Å²) in [7, 11) is 1.47. The van der Waals surface area contributed by atoms with Gasteiger partial charge in [0.25, 0.3) is 0 Å². The van der Waals surface area contributed by atoms with Gasteiger partial charge in [0.05, 0.1) is 7.11 Å². The molecule has 16 heavy (non-hydrogen) atoms. The maximum atomic E-state index is 14.5. The lowest BCUT2D eigenvalue weighted by molar-refractivity contribution is 0.281. The van der Waals surface area contributed by atoms with Gasteiger partial charge in [-0.2, -0.15) is 0 Å². The second-order valence-corrected chi connectivity index (χ2v) is 3.67. The molecule has 1 aromatic carbocycles. The van der Waals surface area contributed by atoms with E-state index in [1.54, 1.807) is 24.3 Å². The van der Waals surface area contributed by atoms with Crippen LogP contribution in [-0.2, 0) is 5.67 Å². The van der Waals surface area contributed by atoms with E-state index in [1.165, 1.54) is 19.3 Å². The van der Waals surface area contributed by atoms with Crippen molar-refractivity contribution < 1.29 is 13.5 Å². The number of halogens is 2. The molecule has 0 bridgehead atoms. The molecule has 84 valence electrons. The summed E-state index contributed by atoms with van der Waals surface area (Å²) < 4.78 is 32.7. The first-order valence-electron chi connectivity index (χ1n) is 5.03. The molecule has 2 rings (SSSR count). The Bertz CT molecular complexity index is 451. The lowest BCUT2D eigenvalue weighted by atomic mass is 9.90. The largest absolute Gasteiger partial charge is 0.496 e. The van der Waals surface area contributed by atoms with Gasteiger partial charge in [-0.25, -0.2) is 8.78 Å². The zero-order chi connectivity index (χ0) is 11.6. The Balaban J connectivity index is 2.50. The quantitative estimate of drug-likeness (QED) is 0.694. The van der Waals surface area contributed by atoms with Crippen molar-refractivity contribution in [3.8, 4) is 5.75 Å². The lowest BCUT2D eigenvalue weighted by Gasteiger charge is -2.23. The van der Waals surface area contributed by atoms with Crippen LogP contribution >= 0.6 is 0 Å². The van der Waals surface area contributed by atoms with Gasteiger partial charge >= 0.3 is 0 Å². The first-order chi connectivity index (χ1) is 7.65. The molecule has 1 aliphatic carbocycles. The maximum absolute atomic E-state index is 14.5. The summed E-state index contributed by atoms with van der Waals surface area (Å²) in [6.45, 7) is 0. The van der Waals surface area contributed by atoms with Crippen LogP contribution in [0.15, 0.2) is 48.3 Å². The smallest absolute Gasteiger partial charge is 0.178 e. The zero-order valence-electron chi connectivity index (χ0n) is 8.91. The topological polar surface area (TPSA) is 9.23 Å². The average molecular weight is 222 g/mol. The molecule has 0 aliphatic heterocycles. The van der Waals surface area contributed by atoms with Gasteiger partial charge in [0.2, 0.25) is 0 Å². The third kappa shape index (κ3) is 1.85. The van der Waals surface area contributed by atoms with Crippen molar-refractivity contribution in [2.45, 2.75) is 12.1 Å². The van der Waals surface area contributed by atoms with Crippen molar-refractivity contribution in [3.05, 3.63) is 53.9 Å². The number of hydrogen-bond donors (Lipinski definition) is 0. The minimum absolute atomic E-state index is 0.154. The number of benzene rings is 1. The molecule has 1 atom stereocenters. The maximum Gasteiger partial charge on any atom is 0.178 e. The minimum atomic E-state index is -1.91. The fraction of sp³-hybridized carbons (Fsp3) is 0.231. The number of hydrogen-bond acceptors (Lipinski definition) is 1. The second kappa shape index (κ2) is 4.08. The van der Waals surface area contributed by atoms with Crippen molar-refractivity contribution >= 4 is 0 Å². The molecule has 0 fully saturated rings. The van der Waals surface area contributed by atoms with Crippen molar-refractivity contribution in [2.75, 3.05) is 7.11 Å². The van der Waals surface area contributed by atoms with E-state index in [4.69, 9.17) is 4.74 Å². The van der Waals surface area contributed by atoms with Crippen LogP contribution in [0.2, 0.25) is 0 Å². The Morgan fingerprint density at radius 3 is 2.75 bits per heavy atom. The zero-order valence-corrected chi connectivity index (χ0v) is 8.91. The molecule has 1 nitrogen and oxygen atoms in total. The monoisotopic (exact) mass is 222 g/mol. The summed E-state index contributed by atoms with van der Waals surface area (Å²) in [5, 5.41) is 0. The van der Waals surface area contributed by atoms with Crippen LogP contribution in [0.5, 0.6) is 5.75 Å². The average Bonchev–Trinajstić information content (AvgIpc) is 2.29. The number of methoxy groups -OCH3 is 1. The second-order valence-electron chi connectivity index (χ2n) is 3.67. The first kappa shape index (κ1) is 10.9. The van der Waals surface area contributed by atoms with Crippen LogP contribution in [0.1, 0.15) is 12.0 Å². The van der Waals surface area contributed by atoms with Crippen LogP contribution < -0.4 is 4.74 Å². The summed E-state index contributed by atoms with van der Waals surface area (Å²) in [6, 6.07) is 6.70. The highest BCUT2D eigenvalue weighted by Crippen LogP contribution is 2.39. The molecule has 0 saturated carbocycles. The summed E-state index contributed by atoms with van der Waals surface area (Å²) >= 11 is 0. The molecule has 0 spiro atoms. The van der Waals surface area contributed by atoms with Gasteiger partial charge in [0, 0.05) is 12.0 Å². The van der Waals surface area contributed by atoms with E-state index in [0.29, 0.717) is 11.3 Å². The van der Waals surface area contributed by atoms with Crippen molar-refractivity contribution in [1.29, 1.82) is 0 Å². The van der Waals surface area contributed by atoms with Crippen LogP contribution in [0.25, 0.3) is 0 Å². The summed E-state index contributed by atoms with van der Waals surface area (Å²) in [4.78, 5) is 0. The molecule has 0 saturated heterocycles. The number of ether oxygens (including phenoxy) is 1. The van der Waals surface area contributed by atoms with E-state index < -0.39 is 11.5 Å². The fourth-order valence-corrected chi connectivity index (χ4v) is 1.81. The SMILES string of the molecule is COc1ccccc1C1(F)C=CCC(F)=C1. The van der Waals surface area contributed by atoms with E-state index in [-0.39, 0.29) is 6.42 Å². The predicted octanol–water partition coefficient (Wildman–Crippen LogP) is 3.67. The van der Waals surface area contributed by atoms with Crippen molar-refractivity contribution in [1.82, 2.24) is 0 Å². The third-order valence-corrected chi connectivity index (χ3v) is 2.56. The molecule has 0 heterocycles. The summed E-state index contributed by atoms with van der Waals surface area (Å²) in [5.41, 5.74) is -1.59. The summed E-state index contributed by atoms with van der Waals surface area (Å²) in [5.74, 6) is -0.0449. The fourth-order valence-electron chi connectivity index (χ4n) is 1.81.